The molecule has 0 aliphatic carbocycles. The van der Waals surface area contributed by atoms with Crippen LogP contribution in [0.1, 0.15) is 6.92 Å². The Morgan fingerprint density at radius 3 is 2.58 bits per heavy atom. The van der Waals surface area contributed by atoms with Gasteiger partial charge >= 0.3 is 5.97 Å². The van der Waals surface area contributed by atoms with Gasteiger partial charge in [-0.3, -0.25) is 4.84 Å². The molecule has 0 radical (unpaired) electrons. The highest BCUT2D eigenvalue weighted by atomic mass is 16.7. The number of nitrogens with zero attached hydrogens (tertiary/aromatic N) is 1. The van der Waals surface area contributed by atoms with Gasteiger partial charge in [0.15, 0.2) is 6.04 Å². The van der Waals surface area contributed by atoms with E-state index in [1.54, 1.807) is 13.0 Å². The molecule has 0 aromatic rings. The fraction of sp³-hybridized carbons (Fsp3) is 0.571. The summed E-state index contributed by atoms with van der Waals surface area (Å²) in [5, 5.41) is 18.3. The molecule has 0 fully saturated rings. The van der Waals surface area contributed by atoms with Crippen molar-refractivity contribution in [3.63, 3.8) is 0 Å². The molecule has 0 aliphatic rings. The van der Waals surface area contributed by atoms with Crippen LogP contribution in [0.15, 0.2) is 12.3 Å². The molecule has 0 saturated heterocycles. The number of hydrogen-bond acceptors (Lipinski definition) is 4. The molecule has 0 rings (SSSR count). The normalized spacial score (nSPS) is 13.2. The van der Waals surface area contributed by atoms with Crippen LogP contribution < -0.4 is 0 Å². The maximum absolute atomic E-state index is 10.5. The predicted molar refractivity (Wildman–Crippen MR) is 42.2 cm³/mol. The molecule has 70 valence electrons. The summed E-state index contributed by atoms with van der Waals surface area (Å²) in [6, 6.07) is -1.05. The van der Waals surface area contributed by atoms with Gasteiger partial charge in [-0.25, -0.2) is 9.86 Å². The van der Waals surface area contributed by atoms with E-state index >= 15 is 0 Å². The summed E-state index contributed by atoms with van der Waals surface area (Å²) in [4.78, 5) is 15.2. The third-order valence-electron chi connectivity index (χ3n) is 1.27. The van der Waals surface area contributed by atoms with E-state index in [1.165, 1.54) is 13.3 Å². The Hall–Kier alpha value is -1.07. The number of aliphatic hydroxyl groups is 1. The van der Waals surface area contributed by atoms with E-state index in [0.717, 1.165) is 5.06 Å². The zero-order valence-electron chi connectivity index (χ0n) is 7.10. The molecule has 0 amide bonds. The van der Waals surface area contributed by atoms with Gasteiger partial charge in [-0.15, -0.1) is 0 Å². The smallest absolute Gasteiger partial charge is 0.331 e. The van der Waals surface area contributed by atoms with Gasteiger partial charge in [0.2, 0.25) is 0 Å². The number of carboxylic acid groups (broad SMARTS) is 1. The molecule has 0 heterocycles. The lowest BCUT2D eigenvalue weighted by Gasteiger charge is -2.22. The van der Waals surface area contributed by atoms with Crippen LogP contribution in [0.4, 0.5) is 0 Å². The van der Waals surface area contributed by atoms with Gasteiger partial charge in [0.25, 0.3) is 0 Å². The first-order valence-electron chi connectivity index (χ1n) is 3.46. The Labute approximate surface area is 70.8 Å². The molecular weight excluding hydrogens is 162 g/mol. The Bertz CT molecular complexity index is 169. The van der Waals surface area contributed by atoms with E-state index in [4.69, 9.17) is 15.1 Å². The van der Waals surface area contributed by atoms with E-state index in [2.05, 4.69) is 0 Å². The van der Waals surface area contributed by atoms with Crippen LogP contribution in [0.5, 0.6) is 0 Å². The van der Waals surface area contributed by atoms with E-state index in [1.807, 2.05) is 0 Å². The molecular formula is C7H13NO4. The molecule has 0 bridgehead atoms. The fourth-order valence-electron chi connectivity index (χ4n) is 0.706. The minimum atomic E-state index is -1.13. The Morgan fingerprint density at radius 1 is 1.75 bits per heavy atom. The van der Waals surface area contributed by atoms with Crippen LogP contribution >= 0.6 is 0 Å². The van der Waals surface area contributed by atoms with Gasteiger partial charge in [-0.1, -0.05) is 6.08 Å². The number of hydroxylamine groups is 2. The van der Waals surface area contributed by atoms with Crippen molar-refractivity contribution in [3.05, 3.63) is 12.3 Å². The van der Waals surface area contributed by atoms with Crippen molar-refractivity contribution in [2.45, 2.75) is 13.0 Å². The van der Waals surface area contributed by atoms with Gasteiger partial charge in [0, 0.05) is 6.20 Å². The summed E-state index contributed by atoms with van der Waals surface area (Å²) in [5.74, 6) is -1.13. The lowest BCUT2D eigenvalue weighted by molar-refractivity contribution is -0.170. The van der Waals surface area contributed by atoms with Crippen LogP contribution in [0.25, 0.3) is 0 Å². The zero-order chi connectivity index (χ0) is 9.56. The minimum Gasteiger partial charge on any atom is -0.480 e. The number of rotatable bonds is 5. The summed E-state index contributed by atoms with van der Waals surface area (Å²) < 4.78 is 0. The number of carbonyl (C=O) groups is 1. The van der Waals surface area contributed by atoms with Crippen LogP contribution in [0.2, 0.25) is 0 Å². The van der Waals surface area contributed by atoms with Crippen molar-refractivity contribution >= 4 is 5.97 Å². The summed E-state index contributed by atoms with van der Waals surface area (Å²) >= 11 is 0. The lowest BCUT2D eigenvalue weighted by atomic mass is 10.3. The van der Waals surface area contributed by atoms with Crippen molar-refractivity contribution in [3.8, 4) is 0 Å². The number of allylic oxidation sites excluding steroid dienone is 1. The van der Waals surface area contributed by atoms with Crippen LogP contribution in [-0.4, -0.2) is 41.0 Å². The highest BCUT2D eigenvalue weighted by Gasteiger charge is 2.21. The second kappa shape index (κ2) is 5.56. The first-order chi connectivity index (χ1) is 5.67. The summed E-state index contributed by atoms with van der Waals surface area (Å²) in [6.45, 7) is 1.23. The van der Waals surface area contributed by atoms with E-state index in [9.17, 15) is 4.79 Å². The molecule has 0 saturated carbocycles. The van der Waals surface area contributed by atoms with Crippen molar-refractivity contribution in [2.24, 2.45) is 0 Å². The zero-order valence-corrected chi connectivity index (χ0v) is 7.10. The predicted octanol–water partition coefficient (Wildman–Crippen LogP) is -0.171. The standard InChI is InChI=1S/C7H13NO4/c1-3-4-8(12-2)6(5-9)7(10)11/h3-4,6,9H,5H2,1-2H3,(H,10,11)/t6-/m1/s1. The molecule has 0 aliphatic heterocycles. The third kappa shape index (κ3) is 2.89. The summed E-state index contributed by atoms with van der Waals surface area (Å²) in [5.41, 5.74) is 0. The van der Waals surface area contributed by atoms with Crippen molar-refractivity contribution in [2.75, 3.05) is 13.7 Å². The largest absolute Gasteiger partial charge is 0.480 e. The summed E-state index contributed by atoms with van der Waals surface area (Å²) in [7, 11) is 1.34. The molecule has 0 aromatic heterocycles. The second-order valence-corrected chi connectivity index (χ2v) is 2.06. The number of aliphatic carboxylic acids is 1. The van der Waals surface area contributed by atoms with Gasteiger partial charge in [-0.2, -0.15) is 0 Å². The van der Waals surface area contributed by atoms with E-state index in [-0.39, 0.29) is 0 Å². The van der Waals surface area contributed by atoms with Gasteiger partial charge in [-0.05, 0) is 6.92 Å². The maximum Gasteiger partial charge on any atom is 0.331 e. The number of carboxylic acids is 1. The highest BCUT2D eigenvalue weighted by Crippen LogP contribution is 2.00. The van der Waals surface area contributed by atoms with Crippen LogP contribution in [0.3, 0.4) is 0 Å². The fourth-order valence-corrected chi connectivity index (χ4v) is 0.706. The average molecular weight is 175 g/mol. The first-order valence-corrected chi connectivity index (χ1v) is 3.46. The monoisotopic (exact) mass is 175 g/mol. The Balaban J connectivity index is 4.32. The average Bonchev–Trinajstić information content (AvgIpc) is 2.03. The topological polar surface area (TPSA) is 70.0 Å². The molecule has 0 aromatic carbocycles. The molecule has 5 heteroatoms. The quantitative estimate of drug-likeness (QED) is 0.568. The van der Waals surface area contributed by atoms with Crippen LogP contribution in [0, 0.1) is 0 Å². The van der Waals surface area contributed by atoms with Gasteiger partial charge in [0.05, 0.1) is 13.7 Å². The minimum absolute atomic E-state index is 0.493. The van der Waals surface area contributed by atoms with Crippen molar-refractivity contribution < 1.29 is 19.8 Å². The van der Waals surface area contributed by atoms with Crippen molar-refractivity contribution in [1.29, 1.82) is 0 Å². The molecule has 1 atom stereocenters. The molecule has 0 unspecified atom stereocenters. The number of hydrogen-bond donors (Lipinski definition) is 2. The Kier molecular flexibility index (Phi) is 5.07. The maximum atomic E-state index is 10.5. The molecule has 2 N–H and O–H groups in total. The first kappa shape index (κ1) is 10.9. The summed E-state index contributed by atoms with van der Waals surface area (Å²) in [6.07, 6.45) is 3.06. The van der Waals surface area contributed by atoms with Gasteiger partial charge < -0.3 is 10.2 Å². The van der Waals surface area contributed by atoms with Crippen molar-refractivity contribution in [1.82, 2.24) is 5.06 Å². The highest BCUT2D eigenvalue weighted by molar-refractivity contribution is 5.73. The third-order valence-corrected chi connectivity index (χ3v) is 1.27. The molecule has 5 nitrogen and oxygen atoms in total. The van der Waals surface area contributed by atoms with E-state index < -0.39 is 18.6 Å². The molecule has 0 spiro atoms. The van der Waals surface area contributed by atoms with Crippen LogP contribution in [-0.2, 0) is 9.63 Å². The SMILES string of the molecule is CC=CN(OC)[C@H](CO)C(=O)O. The number of aliphatic hydroxyl groups excluding tert-OH is 1. The Morgan fingerprint density at radius 2 is 2.33 bits per heavy atom. The second-order valence-electron chi connectivity index (χ2n) is 2.06. The lowest BCUT2D eigenvalue weighted by Crippen LogP contribution is -2.39. The molecule has 12 heavy (non-hydrogen) atoms. The van der Waals surface area contributed by atoms with E-state index in [0.29, 0.717) is 0 Å². The van der Waals surface area contributed by atoms with Gasteiger partial charge in [0.1, 0.15) is 0 Å².